The van der Waals surface area contributed by atoms with Gasteiger partial charge in [-0.2, -0.15) is 0 Å². The van der Waals surface area contributed by atoms with Crippen molar-refractivity contribution in [3.8, 4) is 0 Å². The van der Waals surface area contributed by atoms with Gasteiger partial charge in [0.05, 0.1) is 0 Å². The van der Waals surface area contributed by atoms with Gasteiger partial charge in [-0.3, -0.25) is 4.79 Å². The van der Waals surface area contributed by atoms with Crippen LogP contribution in [0.2, 0.25) is 5.28 Å². The van der Waals surface area contributed by atoms with Gasteiger partial charge in [0.25, 0.3) is 5.91 Å². The van der Waals surface area contributed by atoms with Crippen LogP contribution in [0.15, 0.2) is 30.5 Å². The molecule has 0 radical (unpaired) electrons. The number of hydrogen-bond acceptors (Lipinski definition) is 3. The number of hydrogen-bond donors (Lipinski definition) is 1. The Morgan fingerprint density at radius 1 is 1.22 bits per heavy atom. The minimum atomic E-state index is -0.212. The molecule has 1 N–H and O–H groups in total. The maximum Gasteiger partial charge on any atom is 0.256 e. The zero-order chi connectivity index (χ0) is 13.1. The van der Waals surface area contributed by atoms with Crippen LogP contribution in [0.25, 0.3) is 0 Å². The summed E-state index contributed by atoms with van der Waals surface area (Å²) in [5, 5.41) is 2.78. The molecule has 0 spiro atoms. The van der Waals surface area contributed by atoms with E-state index in [9.17, 15) is 4.79 Å². The van der Waals surface area contributed by atoms with Crippen LogP contribution in [-0.2, 0) is 0 Å². The van der Waals surface area contributed by atoms with E-state index in [2.05, 4.69) is 15.3 Å². The molecule has 0 saturated carbocycles. The van der Waals surface area contributed by atoms with Crippen molar-refractivity contribution >= 4 is 23.3 Å². The zero-order valence-corrected chi connectivity index (χ0v) is 10.8. The largest absolute Gasteiger partial charge is 0.306 e. The molecule has 1 heterocycles. The predicted molar refractivity (Wildman–Crippen MR) is 70.9 cm³/mol. The number of nitrogens with zero attached hydrogens (tertiary/aromatic N) is 2. The Hall–Kier alpha value is -1.94. The van der Waals surface area contributed by atoms with Crippen molar-refractivity contribution in [1.82, 2.24) is 9.97 Å². The summed E-state index contributed by atoms with van der Waals surface area (Å²) in [6.45, 7) is 3.90. The van der Waals surface area contributed by atoms with E-state index in [1.54, 1.807) is 6.07 Å². The first-order valence-corrected chi connectivity index (χ1v) is 5.80. The summed E-state index contributed by atoms with van der Waals surface area (Å²) in [5.74, 6) is 0.177. The lowest BCUT2D eigenvalue weighted by atomic mass is 10.1. The van der Waals surface area contributed by atoms with Crippen molar-refractivity contribution in [2.45, 2.75) is 13.8 Å². The number of nitrogens with one attached hydrogen (secondary N) is 1. The molecule has 0 saturated heterocycles. The molecule has 0 aliphatic rings. The molecule has 5 heteroatoms. The summed E-state index contributed by atoms with van der Waals surface area (Å²) in [5.41, 5.74) is 2.68. The van der Waals surface area contributed by atoms with Crippen LogP contribution in [0, 0.1) is 13.8 Å². The van der Waals surface area contributed by atoms with Crippen molar-refractivity contribution < 1.29 is 4.79 Å². The molecule has 4 nitrogen and oxygen atoms in total. The van der Waals surface area contributed by atoms with Gasteiger partial charge in [0.15, 0.2) is 0 Å². The average Bonchev–Trinajstić information content (AvgIpc) is 2.27. The molecule has 0 aliphatic heterocycles. The summed E-state index contributed by atoms with van der Waals surface area (Å²) < 4.78 is 0. The highest BCUT2D eigenvalue weighted by atomic mass is 35.5. The van der Waals surface area contributed by atoms with Gasteiger partial charge in [-0.1, -0.05) is 17.2 Å². The van der Waals surface area contributed by atoms with Gasteiger partial charge in [0, 0.05) is 11.8 Å². The van der Waals surface area contributed by atoms with E-state index < -0.39 is 0 Å². The van der Waals surface area contributed by atoms with Gasteiger partial charge >= 0.3 is 0 Å². The molecule has 0 unspecified atom stereocenters. The molecule has 18 heavy (non-hydrogen) atoms. The van der Waals surface area contributed by atoms with Crippen LogP contribution >= 0.6 is 11.6 Å². The van der Waals surface area contributed by atoms with E-state index in [-0.39, 0.29) is 11.2 Å². The van der Waals surface area contributed by atoms with E-state index >= 15 is 0 Å². The molecular weight excluding hydrogens is 250 g/mol. The van der Waals surface area contributed by atoms with Crippen LogP contribution in [-0.4, -0.2) is 15.9 Å². The van der Waals surface area contributed by atoms with Crippen LogP contribution in [0.5, 0.6) is 0 Å². The Balaban J connectivity index is 2.22. The third-order valence-electron chi connectivity index (χ3n) is 2.35. The fraction of sp³-hybridized carbons (Fsp3) is 0.154. The maximum absolute atomic E-state index is 12.0. The molecule has 0 fully saturated rings. The summed E-state index contributed by atoms with van der Waals surface area (Å²) >= 11 is 5.65. The fourth-order valence-corrected chi connectivity index (χ4v) is 1.85. The molecule has 0 aliphatic carbocycles. The Kier molecular flexibility index (Phi) is 3.58. The second kappa shape index (κ2) is 5.14. The summed E-state index contributed by atoms with van der Waals surface area (Å²) in [7, 11) is 0. The minimum absolute atomic E-state index is 0.105. The Morgan fingerprint density at radius 3 is 2.50 bits per heavy atom. The van der Waals surface area contributed by atoms with Gasteiger partial charge in [0.1, 0.15) is 5.82 Å². The van der Waals surface area contributed by atoms with E-state index in [0.29, 0.717) is 11.4 Å². The number of aryl methyl sites for hydroxylation is 2. The van der Waals surface area contributed by atoms with Crippen LogP contribution < -0.4 is 5.32 Å². The lowest BCUT2D eigenvalue weighted by molar-refractivity contribution is 0.102. The van der Waals surface area contributed by atoms with Crippen LogP contribution in [0.1, 0.15) is 21.5 Å². The van der Waals surface area contributed by atoms with Crippen molar-refractivity contribution in [2.24, 2.45) is 0 Å². The summed E-state index contributed by atoms with van der Waals surface area (Å²) in [6.07, 6.45) is 1.49. The van der Waals surface area contributed by atoms with Crippen LogP contribution in [0.4, 0.5) is 5.82 Å². The molecule has 2 rings (SSSR count). The fourth-order valence-electron chi connectivity index (χ4n) is 1.70. The van der Waals surface area contributed by atoms with E-state index in [1.165, 1.54) is 6.20 Å². The lowest BCUT2D eigenvalue weighted by Crippen LogP contribution is -2.13. The number of rotatable bonds is 2. The van der Waals surface area contributed by atoms with E-state index in [1.807, 2.05) is 32.0 Å². The molecule has 2 aromatic rings. The predicted octanol–water partition coefficient (Wildman–Crippen LogP) is 3.00. The standard InChI is InChI=1S/C13H12ClN3O/c1-8-5-9(2)7-10(6-8)12(18)16-11-3-4-15-13(14)17-11/h3-7H,1-2H3,(H,15,16,17,18). The number of carbonyl (C=O) groups excluding carboxylic acids is 1. The number of anilines is 1. The first kappa shape index (κ1) is 12.5. The highest BCUT2D eigenvalue weighted by Crippen LogP contribution is 2.12. The first-order valence-electron chi connectivity index (χ1n) is 5.43. The monoisotopic (exact) mass is 261 g/mol. The van der Waals surface area contributed by atoms with Gasteiger partial charge < -0.3 is 5.32 Å². The average molecular weight is 262 g/mol. The number of benzene rings is 1. The first-order chi connectivity index (χ1) is 8.54. The Morgan fingerprint density at radius 2 is 1.89 bits per heavy atom. The van der Waals surface area contributed by atoms with Crippen molar-refractivity contribution in [2.75, 3.05) is 5.32 Å². The quantitative estimate of drug-likeness (QED) is 0.846. The Bertz CT molecular complexity index is 578. The smallest absolute Gasteiger partial charge is 0.256 e. The second-order valence-corrected chi connectivity index (χ2v) is 4.38. The van der Waals surface area contributed by atoms with Gasteiger partial charge in [-0.15, -0.1) is 0 Å². The van der Waals surface area contributed by atoms with E-state index in [0.717, 1.165) is 11.1 Å². The molecule has 1 aromatic carbocycles. The Labute approximate surface area is 110 Å². The molecule has 0 atom stereocenters. The lowest BCUT2D eigenvalue weighted by Gasteiger charge is -2.06. The zero-order valence-electron chi connectivity index (χ0n) is 10.1. The highest BCUT2D eigenvalue weighted by molar-refractivity contribution is 6.28. The van der Waals surface area contributed by atoms with Gasteiger partial charge in [-0.25, -0.2) is 9.97 Å². The van der Waals surface area contributed by atoms with Crippen molar-refractivity contribution in [1.29, 1.82) is 0 Å². The van der Waals surface area contributed by atoms with Crippen LogP contribution in [0.3, 0.4) is 0 Å². The summed E-state index contributed by atoms with van der Waals surface area (Å²) in [4.78, 5) is 19.7. The number of aromatic nitrogens is 2. The number of amides is 1. The number of carbonyl (C=O) groups is 1. The minimum Gasteiger partial charge on any atom is -0.306 e. The van der Waals surface area contributed by atoms with Crippen molar-refractivity contribution in [3.05, 3.63) is 52.4 Å². The maximum atomic E-state index is 12.0. The second-order valence-electron chi connectivity index (χ2n) is 4.04. The van der Waals surface area contributed by atoms with Gasteiger partial charge in [-0.05, 0) is 43.6 Å². The molecule has 92 valence electrons. The molecular formula is C13H12ClN3O. The third kappa shape index (κ3) is 3.05. The van der Waals surface area contributed by atoms with Crippen molar-refractivity contribution in [3.63, 3.8) is 0 Å². The van der Waals surface area contributed by atoms with Gasteiger partial charge in [0.2, 0.25) is 5.28 Å². The highest BCUT2D eigenvalue weighted by Gasteiger charge is 2.08. The normalized spacial score (nSPS) is 10.2. The number of halogens is 1. The molecule has 1 amide bonds. The molecule has 0 bridgehead atoms. The molecule has 1 aromatic heterocycles. The van der Waals surface area contributed by atoms with E-state index in [4.69, 9.17) is 11.6 Å². The SMILES string of the molecule is Cc1cc(C)cc(C(=O)Nc2ccnc(Cl)n2)c1. The summed E-state index contributed by atoms with van der Waals surface area (Å²) in [6, 6.07) is 7.25. The third-order valence-corrected chi connectivity index (χ3v) is 2.53. The topological polar surface area (TPSA) is 54.9 Å².